The number of amides is 1. The van der Waals surface area contributed by atoms with Crippen molar-refractivity contribution >= 4 is 17.4 Å². The third-order valence-electron chi connectivity index (χ3n) is 5.60. The lowest BCUT2D eigenvalue weighted by Gasteiger charge is -2.25. The number of carbonyl (C=O) groups is 2. The van der Waals surface area contributed by atoms with E-state index in [0.717, 1.165) is 12.0 Å². The number of likely N-dealkylation sites (tertiary alicyclic amines) is 1. The Balaban J connectivity index is 1.74. The molecule has 2 heterocycles. The van der Waals surface area contributed by atoms with E-state index in [-0.39, 0.29) is 11.3 Å². The molecule has 1 aromatic heterocycles. The number of aromatic nitrogens is 1. The minimum atomic E-state index is -0.720. The van der Waals surface area contributed by atoms with Gasteiger partial charge in [-0.25, -0.2) is 0 Å². The van der Waals surface area contributed by atoms with Gasteiger partial charge in [0.25, 0.3) is 11.7 Å². The monoisotopic (exact) mass is 442 g/mol. The molecule has 1 aliphatic rings. The molecule has 0 saturated carbocycles. The minimum absolute atomic E-state index is 0.0636. The highest BCUT2D eigenvalue weighted by Gasteiger charge is 2.45. The molecule has 6 heteroatoms. The summed E-state index contributed by atoms with van der Waals surface area (Å²) in [5, 5.41) is 11.2. The molecule has 1 N–H and O–H groups in total. The van der Waals surface area contributed by atoms with Gasteiger partial charge in [0, 0.05) is 24.5 Å². The van der Waals surface area contributed by atoms with Crippen LogP contribution in [0.3, 0.4) is 0 Å². The maximum absolute atomic E-state index is 13.1. The van der Waals surface area contributed by atoms with Gasteiger partial charge in [0.1, 0.15) is 11.5 Å². The van der Waals surface area contributed by atoms with Crippen LogP contribution in [-0.4, -0.2) is 39.8 Å². The molecule has 1 atom stereocenters. The van der Waals surface area contributed by atoms with E-state index in [1.807, 2.05) is 43.3 Å². The molecule has 1 amide bonds. The fourth-order valence-corrected chi connectivity index (χ4v) is 4.00. The average molecular weight is 443 g/mol. The molecule has 4 rings (SSSR count). The van der Waals surface area contributed by atoms with Crippen molar-refractivity contribution in [2.75, 3.05) is 13.2 Å². The van der Waals surface area contributed by atoms with Gasteiger partial charge < -0.3 is 14.7 Å². The van der Waals surface area contributed by atoms with E-state index in [0.29, 0.717) is 36.4 Å². The van der Waals surface area contributed by atoms with Crippen molar-refractivity contribution in [3.05, 3.63) is 101 Å². The fraction of sp³-hybridized carbons (Fsp3) is 0.222. The van der Waals surface area contributed by atoms with Crippen LogP contribution in [0.2, 0.25) is 0 Å². The molecule has 3 aromatic rings. The maximum Gasteiger partial charge on any atom is 0.295 e. The van der Waals surface area contributed by atoms with Crippen LogP contribution in [0.15, 0.2) is 84.7 Å². The summed E-state index contributed by atoms with van der Waals surface area (Å²) in [6.07, 6.45) is 4.70. The minimum Gasteiger partial charge on any atom is -0.507 e. The molecular formula is C27H26N2O4. The Kier molecular flexibility index (Phi) is 6.83. The van der Waals surface area contributed by atoms with Crippen molar-refractivity contribution < 1.29 is 19.4 Å². The fourth-order valence-electron chi connectivity index (χ4n) is 4.00. The molecule has 1 fully saturated rings. The van der Waals surface area contributed by atoms with E-state index < -0.39 is 17.7 Å². The summed E-state index contributed by atoms with van der Waals surface area (Å²) in [5.74, 6) is -0.947. The van der Waals surface area contributed by atoms with Crippen molar-refractivity contribution in [1.82, 2.24) is 9.88 Å². The molecular weight excluding hydrogens is 416 g/mol. The number of pyridine rings is 1. The van der Waals surface area contributed by atoms with Crippen LogP contribution in [0.4, 0.5) is 0 Å². The van der Waals surface area contributed by atoms with Crippen LogP contribution < -0.4 is 4.74 Å². The Bertz CT molecular complexity index is 1160. The summed E-state index contributed by atoms with van der Waals surface area (Å²) in [5.41, 5.74) is 2.22. The zero-order valence-electron chi connectivity index (χ0n) is 18.5. The normalized spacial score (nSPS) is 17.4. The number of hydrogen-bond donors (Lipinski definition) is 1. The Morgan fingerprint density at radius 3 is 2.61 bits per heavy atom. The van der Waals surface area contributed by atoms with E-state index in [9.17, 15) is 14.7 Å². The summed E-state index contributed by atoms with van der Waals surface area (Å²) in [4.78, 5) is 31.9. The van der Waals surface area contributed by atoms with Crippen molar-refractivity contribution in [1.29, 1.82) is 0 Å². The van der Waals surface area contributed by atoms with Gasteiger partial charge in [-0.05, 0) is 42.2 Å². The molecule has 0 spiro atoms. The molecule has 33 heavy (non-hydrogen) atoms. The third kappa shape index (κ3) is 4.80. The number of aliphatic hydroxyl groups is 1. The van der Waals surface area contributed by atoms with Crippen molar-refractivity contribution in [2.24, 2.45) is 0 Å². The molecule has 1 saturated heterocycles. The summed E-state index contributed by atoms with van der Waals surface area (Å²) in [6.45, 7) is 2.89. The Morgan fingerprint density at radius 2 is 1.88 bits per heavy atom. The number of rotatable bonds is 8. The van der Waals surface area contributed by atoms with Gasteiger partial charge in [-0.3, -0.25) is 14.6 Å². The highest BCUT2D eigenvalue weighted by molar-refractivity contribution is 6.46. The van der Waals surface area contributed by atoms with Crippen LogP contribution in [0.1, 0.15) is 36.1 Å². The lowest BCUT2D eigenvalue weighted by Crippen LogP contribution is -2.31. The number of nitrogens with zero attached hydrogens (tertiary/aromatic N) is 2. The van der Waals surface area contributed by atoms with Crippen molar-refractivity contribution in [2.45, 2.75) is 25.8 Å². The molecule has 168 valence electrons. The van der Waals surface area contributed by atoms with Gasteiger partial charge in [-0.1, -0.05) is 55.5 Å². The van der Waals surface area contributed by atoms with Crippen LogP contribution in [-0.2, 0) is 16.0 Å². The largest absolute Gasteiger partial charge is 0.507 e. The topological polar surface area (TPSA) is 79.7 Å². The zero-order valence-corrected chi connectivity index (χ0v) is 18.5. The number of Topliss-reactive ketones (excluding diaryl/α,β-unsaturated/α-hetero) is 1. The first-order valence-corrected chi connectivity index (χ1v) is 11.1. The van der Waals surface area contributed by atoms with E-state index in [1.54, 1.807) is 42.7 Å². The predicted molar refractivity (Wildman–Crippen MR) is 126 cm³/mol. The van der Waals surface area contributed by atoms with Gasteiger partial charge in [0.05, 0.1) is 18.2 Å². The lowest BCUT2D eigenvalue weighted by molar-refractivity contribution is -0.139. The number of hydrogen-bond acceptors (Lipinski definition) is 5. The highest BCUT2D eigenvalue weighted by atomic mass is 16.5. The number of ether oxygens (including phenoxy) is 1. The number of carbonyl (C=O) groups excluding carboxylic acids is 2. The number of ketones is 1. The first-order chi connectivity index (χ1) is 16.1. The third-order valence-corrected chi connectivity index (χ3v) is 5.60. The Morgan fingerprint density at radius 1 is 1.06 bits per heavy atom. The summed E-state index contributed by atoms with van der Waals surface area (Å²) in [6, 6.07) is 19.6. The average Bonchev–Trinajstić information content (AvgIpc) is 3.12. The van der Waals surface area contributed by atoms with Gasteiger partial charge in [0.15, 0.2) is 0 Å². The molecule has 0 radical (unpaired) electrons. The first kappa shape index (κ1) is 22.3. The molecule has 6 nitrogen and oxygen atoms in total. The Labute approximate surface area is 193 Å². The lowest BCUT2D eigenvalue weighted by atomic mass is 9.96. The quantitative estimate of drug-likeness (QED) is 0.315. The summed E-state index contributed by atoms with van der Waals surface area (Å²) >= 11 is 0. The highest BCUT2D eigenvalue weighted by Crippen LogP contribution is 2.39. The van der Waals surface area contributed by atoms with Crippen LogP contribution in [0, 0.1) is 0 Å². The van der Waals surface area contributed by atoms with Gasteiger partial charge in [-0.15, -0.1) is 0 Å². The van der Waals surface area contributed by atoms with E-state index in [2.05, 4.69) is 4.98 Å². The van der Waals surface area contributed by atoms with Gasteiger partial charge in [0.2, 0.25) is 0 Å². The standard InChI is InChI=1S/C27H26N2O4/c1-2-16-33-22-12-6-10-20(17-22)25(30)23-24(21-11-7-14-28-18-21)29(27(32)26(23)31)15-13-19-8-4-3-5-9-19/h3-12,14,17-18,24,30H,2,13,15-16H2,1H3. The Hall–Kier alpha value is -3.93. The maximum atomic E-state index is 13.1. The SMILES string of the molecule is CCCOc1cccc(C(O)=C2C(=O)C(=O)N(CCc3ccccc3)C2c2cccnc2)c1. The van der Waals surface area contributed by atoms with Gasteiger partial charge in [-0.2, -0.15) is 0 Å². The van der Waals surface area contributed by atoms with E-state index in [1.165, 1.54) is 4.90 Å². The van der Waals surface area contributed by atoms with E-state index >= 15 is 0 Å². The molecule has 1 unspecified atom stereocenters. The van der Waals surface area contributed by atoms with Crippen LogP contribution in [0.25, 0.3) is 5.76 Å². The molecule has 2 aromatic carbocycles. The number of benzene rings is 2. The second-order valence-electron chi connectivity index (χ2n) is 7.89. The first-order valence-electron chi connectivity index (χ1n) is 11.1. The number of aliphatic hydroxyl groups excluding tert-OH is 1. The predicted octanol–water partition coefficient (Wildman–Crippen LogP) is 4.53. The van der Waals surface area contributed by atoms with Gasteiger partial charge >= 0.3 is 0 Å². The molecule has 0 aliphatic carbocycles. The molecule has 1 aliphatic heterocycles. The smallest absolute Gasteiger partial charge is 0.295 e. The second-order valence-corrected chi connectivity index (χ2v) is 7.89. The molecule has 0 bridgehead atoms. The second kappa shape index (κ2) is 10.1. The van der Waals surface area contributed by atoms with Crippen molar-refractivity contribution in [3.63, 3.8) is 0 Å². The van der Waals surface area contributed by atoms with Crippen LogP contribution >= 0.6 is 0 Å². The zero-order chi connectivity index (χ0) is 23.2. The van der Waals surface area contributed by atoms with Crippen LogP contribution in [0.5, 0.6) is 5.75 Å². The van der Waals surface area contributed by atoms with Crippen molar-refractivity contribution in [3.8, 4) is 5.75 Å². The van der Waals surface area contributed by atoms with E-state index in [4.69, 9.17) is 4.74 Å². The summed E-state index contributed by atoms with van der Waals surface area (Å²) in [7, 11) is 0. The summed E-state index contributed by atoms with van der Waals surface area (Å²) < 4.78 is 5.67.